The normalized spacial score (nSPS) is 48.5. The van der Waals surface area contributed by atoms with E-state index in [2.05, 4.69) is 12.2 Å². The number of unbranched alkanes of at least 4 members (excludes halogenated alkanes) is 1. The first-order chi connectivity index (χ1) is 25.4. The van der Waals surface area contributed by atoms with Crippen molar-refractivity contribution in [3.05, 3.63) is 0 Å². The van der Waals surface area contributed by atoms with Crippen molar-refractivity contribution in [2.75, 3.05) is 27.7 Å². The van der Waals surface area contributed by atoms with E-state index < -0.39 is 95.5 Å². The van der Waals surface area contributed by atoms with Crippen molar-refractivity contribution in [1.29, 1.82) is 0 Å². The predicted molar refractivity (Wildman–Crippen MR) is 208 cm³/mol. The average Bonchev–Trinajstić information content (AvgIpc) is 3.11. The fourth-order valence-corrected chi connectivity index (χ4v) is 9.33. The van der Waals surface area contributed by atoms with Gasteiger partial charge in [0.2, 0.25) is 0 Å². The fourth-order valence-electron chi connectivity index (χ4n) is 9.33. The lowest BCUT2D eigenvalue weighted by atomic mass is 9.72. The molecule has 324 valence electrons. The molecule has 3 aliphatic rings. The van der Waals surface area contributed by atoms with Gasteiger partial charge in [0.1, 0.15) is 35.1 Å². The molecule has 55 heavy (non-hydrogen) atoms. The van der Waals surface area contributed by atoms with Crippen molar-refractivity contribution in [1.82, 2.24) is 10.2 Å². The first-order valence-corrected chi connectivity index (χ1v) is 20.7. The second-order valence-electron chi connectivity index (χ2n) is 18.1. The Bertz CT molecular complexity index is 1210. The summed E-state index contributed by atoms with van der Waals surface area (Å²) >= 11 is 0. The third kappa shape index (κ3) is 10.8. The number of cyclic esters (lactones) is 1. The van der Waals surface area contributed by atoms with Gasteiger partial charge in [0.05, 0.1) is 35.9 Å². The summed E-state index contributed by atoms with van der Waals surface area (Å²) in [5, 5.41) is 62.4. The maximum atomic E-state index is 14.3. The number of hydrogen-bond acceptors (Lipinski definition) is 14. The van der Waals surface area contributed by atoms with Crippen LogP contribution in [0.2, 0.25) is 0 Å². The van der Waals surface area contributed by atoms with Crippen LogP contribution in [-0.4, -0.2) is 154 Å². The van der Waals surface area contributed by atoms with Crippen LogP contribution in [0.5, 0.6) is 0 Å². The Morgan fingerprint density at radius 3 is 2.15 bits per heavy atom. The molecule has 0 spiro atoms. The minimum absolute atomic E-state index is 0.131. The van der Waals surface area contributed by atoms with Crippen molar-refractivity contribution in [3.8, 4) is 0 Å². The van der Waals surface area contributed by atoms with Crippen LogP contribution in [0.4, 0.5) is 0 Å². The number of likely N-dealkylation sites (N-methyl/N-ethyl adjacent to an activating group) is 1. The lowest BCUT2D eigenvalue weighted by Crippen LogP contribution is -2.66. The van der Waals surface area contributed by atoms with E-state index in [0.717, 1.165) is 12.8 Å². The Morgan fingerprint density at radius 1 is 0.945 bits per heavy atom. The maximum Gasteiger partial charge on any atom is 0.311 e. The molecule has 3 rings (SSSR count). The Labute approximate surface area is 330 Å². The number of hydrogen-bond donors (Lipinski definition) is 6. The van der Waals surface area contributed by atoms with Crippen molar-refractivity contribution in [3.63, 3.8) is 0 Å². The molecule has 0 aromatic carbocycles. The third-order valence-electron chi connectivity index (χ3n) is 13.1. The first kappa shape index (κ1) is 48.4. The molecule has 0 aromatic rings. The SMILES string of the molecule is CCCC[C@@]1(O)[C@H](C)O[C@@H](OC2[C@@H](C)C(=O)O[C@H](CC)[C@@](C)(O)[C@H](O)[C@@H](C)NC[C@H](C)C[C@@](C)(O)[C@H](O[C@@H]3O[C@H](C)C[C@H](N(C)C)[C@H]3O)[C@H]2C)C[C@@]1(C)OC. The van der Waals surface area contributed by atoms with Gasteiger partial charge in [-0.3, -0.25) is 4.79 Å². The minimum Gasteiger partial charge on any atom is -0.459 e. The topological polar surface area (TPSA) is 189 Å². The van der Waals surface area contributed by atoms with Crippen LogP contribution in [0.15, 0.2) is 0 Å². The van der Waals surface area contributed by atoms with E-state index in [-0.39, 0.29) is 37.3 Å². The number of nitrogens with zero attached hydrogens (tertiary/aromatic N) is 1. The molecular formula is C41H78N2O12. The summed E-state index contributed by atoms with van der Waals surface area (Å²) in [7, 11) is 5.33. The smallest absolute Gasteiger partial charge is 0.311 e. The minimum atomic E-state index is -1.81. The van der Waals surface area contributed by atoms with Gasteiger partial charge in [0.25, 0.3) is 0 Å². The number of aliphatic hydroxyl groups excluding tert-OH is 2. The molecule has 0 amide bonds. The Morgan fingerprint density at radius 2 is 1.58 bits per heavy atom. The first-order valence-electron chi connectivity index (χ1n) is 20.7. The predicted octanol–water partition coefficient (Wildman–Crippen LogP) is 3.12. The third-order valence-corrected chi connectivity index (χ3v) is 13.1. The highest BCUT2D eigenvalue weighted by molar-refractivity contribution is 5.73. The number of methoxy groups -OCH3 is 1. The van der Waals surface area contributed by atoms with E-state index in [1.807, 2.05) is 46.7 Å². The van der Waals surface area contributed by atoms with Gasteiger partial charge in [0.15, 0.2) is 12.6 Å². The monoisotopic (exact) mass is 791 g/mol. The molecule has 3 heterocycles. The molecule has 0 bridgehead atoms. The van der Waals surface area contributed by atoms with Crippen molar-refractivity contribution in [2.45, 2.75) is 211 Å². The number of rotatable bonds is 10. The molecule has 14 heteroatoms. The molecule has 18 atom stereocenters. The molecule has 0 saturated carbocycles. The highest BCUT2D eigenvalue weighted by atomic mass is 16.7. The number of carbonyl (C=O) groups is 1. The second kappa shape index (κ2) is 19.4. The highest BCUT2D eigenvalue weighted by Crippen LogP contribution is 2.45. The quantitative estimate of drug-likeness (QED) is 0.177. The Hall–Kier alpha value is -1.01. The van der Waals surface area contributed by atoms with Gasteiger partial charge < -0.3 is 64.2 Å². The average molecular weight is 791 g/mol. The summed E-state index contributed by atoms with van der Waals surface area (Å²) in [6, 6.07) is -0.867. The van der Waals surface area contributed by atoms with Gasteiger partial charge in [-0.05, 0) is 101 Å². The van der Waals surface area contributed by atoms with Gasteiger partial charge in [-0.25, -0.2) is 0 Å². The van der Waals surface area contributed by atoms with E-state index in [4.69, 9.17) is 28.4 Å². The van der Waals surface area contributed by atoms with Crippen LogP contribution in [0, 0.1) is 17.8 Å². The lowest BCUT2D eigenvalue weighted by Gasteiger charge is -2.54. The number of ether oxygens (including phenoxy) is 6. The second-order valence-corrected chi connectivity index (χ2v) is 18.1. The fraction of sp³-hybridized carbons (Fsp3) is 0.976. The molecule has 3 aliphatic heterocycles. The molecule has 0 aromatic heterocycles. The van der Waals surface area contributed by atoms with Gasteiger partial charge in [-0.2, -0.15) is 0 Å². The Kier molecular flexibility index (Phi) is 17.0. The lowest BCUT2D eigenvalue weighted by molar-refractivity contribution is -0.338. The summed E-state index contributed by atoms with van der Waals surface area (Å²) in [6.45, 7) is 20.1. The van der Waals surface area contributed by atoms with Crippen molar-refractivity contribution in [2.24, 2.45) is 17.8 Å². The maximum absolute atomic E-state index is 14.3. The van der Waals surface area contributed by atoms with E-state index in [1.165, 1.54) is 6.92 Å². The number of carbonyl (C=O) groups excluding carboxylic acids is 1. The van der Waals surface area contributed by atoms with Crippen LogP contribution >= 0.6 is 0 Å². The number of esters is 1. The molecule has 14 nitrogen and oxygen atoms in total. The zero-order chi connectivity index (χ0) is 41.8. The van der Waals surface area contributed by atoms with Gasteiger partial charge in [-0.15, -0.1) is 0 Å². The van der Waals surface area contributed by atoms with Crippen molar-refractivity contribution >= 4 is 5.97 Å². The van der Waals surface area contributed by atoms with Gasteiger partial charge in [0, 0.05) is 31.5 Å². The molecule has 0 radical (unpaired) electrons. The summed E-state index contributed by atoms with van der Waals surface area (Å²) in [6.07, 6.45) is -5.29. The van der Waals surface area contributed by atoms with Crippen LogP contribution in [0.1, 0.15) is 121 Å². The standard InChI is InChI=1S/C41H78N2O12/c1-15-17-18-41(49)28(8)52-31(21-39(41,10)50-14)54-33-25(5)35(55-37-32(44)29(43(12)13)19-24(4)51-37)38(9,47)20-23(3)22-42-27(7)34(45)40(11,48)30(16-2)53-36(46)26(33)6/h23-35,37,42,44-45,47-49H,15-22H2,1-14H3/t23-,24-,25+,26-,27-,28+,29+,30-,31+,32-,33?,34-,35-,37+,38-,39-,40-,41-/m1/s1. The Balaban J connectivity index is 2.17. The molecule has 3 saturated heterocycles. The molecule has 3 fully saturated rings. The summed E-state index contributed by atoms with van der Waals surface area (Å²) < 4.78 is 38.3. The van der Waals surface area contributed by atoms with Crippen LogP contribution in [-0.2, 0) is 33.2 Å². The zero-order valence-electron chi connectivity index (χ0n) is 36.3. The largest absolute Gasteiger partial charge is 0.459 e. The number of aliphatic hydroxyl groups is 5. The molecule has 1 unspecified atom stereocenters. The summed E-state index contributed by atoms with van der Waals surface area (Å²) in [4.78, 5) is 16.2. The van der Waals surface area contributed by atoms with E-state index >= 15 is 0 Å². The van der Waals surface area contributed by atoms with E-state index in [0.29, 0.717) is 19.4 Å². The van der Waals surface area contributed by atoms with Gasteiger partial charge in [-0.1, -0.05) is 40.5 Å². The van der Waals surface area contributed by atoms with Crippen molar-refractivity contribution < 1.29 is 58.7 Å². The summed E-state index contributed by atoms with van der Waals surface area (Å²) in [5.74, 6) is -2.62. The van der Waals surface area contributed by atoms with E-state index in [9.17, 15) is 30.3 Å². The van der Waals surface area contributed by atoms with Crippen LogP contribution in [0.3, 0.4) is 0 Å². The molecular weight excluding hydrogens is 712 g/mol. The zero-order valence-corrected chi connectivity index (χ0v) is 36.3. The van der Waals surface area contributed by atoms with Crippen LogP contribution in [0.25, 0.3) is 0 Å². The van der Waals surface area contributed by atoms with E-state index in [1.54, 1.807) is 41.7 Å². The molecule has 0 aliphatic carbocycles. The molecule has 6 N–H and O–H groups in total. The van der Waals surface area contributed by atoms with Gasteiger partial charge >= 0.3 is 5.97 Å². The van der Waals surface area contributed by atoms with Crippen LogP contribution < -0.4 is 5.32 Å². The summed E-state index contributed by atoms with van der Waals surface area (Å²) in [5.41, 5.74) is -5.76. The highest BCUT2D eigenvalue weighted by Gasteiger charge is 2.58. The number of nitrogens with one attached hydrogen (secondary N) is 1.